The molecule has 1 saturated heterocycles. The molecule has 1 amide bonds. The summed E-state index contributed by atoms with van der Waals surface area (Å²) in [6, 6.07) is 10.9. The number of pyridine rings is 1. The van der Waals surface area contributed by atoms with Crippen LogP contribution in [0.5, 0.6) is 5.88 Å². The zero-order valence-electron chi connectivity index (χ0n) is 14.1. The van der Waals surface area contributed by atoms with E-state index in [1.165, 1.54) is 12.8 Å². The number of rotatable bonds is 5. The van der Waals surface area contributed by atoms with Crippen molar-refractivity contribution in [1.82, 2.24) is 9.88 Å². The quantitative estimate of drug-likeness (QED) is 0.813. The van der Waals surface area contributed by atoms with E-state index in [1.54, 1.807) is 18.3 Å². The van der Waals surface area contributed by atoms with E-state index in [1.807, 2.05) is 29.2 Å². The van der Waals surface area contributed by atoms with E-state index in [9.17, 15) is 4.79 Å². The van der Waals surface area contributed by atoms with E-state index in [4.69, 9.17) is 16.3 Å². The monoisotopic (exact) mass is 359 g/mol. The van der Waals surface area contributed by atoms with Crippen molar-refractivity contribution in [3.05, 3.63) is 53.2 Å². The number of halogens is 1. The summed E-state index contributed by atoms with van der Waals surface area (Å²) in [5.74, 6) is 0.536. The molecule has 132 valence electrons. The van der Waals surface area contributed by atoms with Gasteiger partial charge in [-0.15, -0.1) is 0 Å². The summed E-state index contributed by atoms with van der Waals surface area (Å²) in [6.45, 7) is 1.96. The van der Waals surface area contributed by atoms with Crippen LogP contribution in [0.15, 0.2) is 42.6 Å². The first-order chi connectivity index (χ1) is 12.2. The molecule has 1 N–H and O–H groups in total. The number of amides is 1. The number of nitrogens with one attached hydrogen (secondary N) is 1. The van der Waals surface area contributed by atoms with Crippen LogP contribution in [0.2, 0.25) is 5.02 Å². The lowest BCUT2D eigenvalue weighted by Crippen LogP contribution is -2.31. The fourth-order valence-electron chi connectivity index (χ4n) is 2.81. The average Bonchev–Trinajstić information content (AvgIpc) is 2.93. The van der Waals surface area contributed by atoms with Crippen molar-refractivity contribution in [2.24, 2.45) is 0 Å². The Morgan fingerprint density at radius 2 is 1.80 bits per heavy atom. The lowest BCUT2D eigenvalue weighted by atomic mass is 10.2. The maximum Gasteiger partial charge on any atom is 0.255 e. The van der Waals surface area contributed by atoms with Crippen LogP contribution in [0, 0.1) is 0 Å². The topological polar surface area (TPSA) is 54.5 Å². The van der Waals surface area contributed by atoms with Gasteiger partial charge >= 0.3 is 0 Å². The molecule has 0 saturated carbocycles. The number of benzene rings is 1. The first-order valence-electron chi connectivity index (χ1n) is 8.60. The van der Waals surface area contributed by atoms with Gasteiger partial charge in [0.2, 0.25) is 5.88 Å². The van der Waals surface area contributed by atoms with Crippen LogP contribution in [0.4, 0.5) is 5.69 Å². The summed E-state index contributed by atoms with van der Waals surface area (Å²) in [5, 5.41) is 3.81. The molecule has 3 rings (SSSR count). The molecule has 1 fully saturated rings. The van der Waals surface area contributed by atoms with Gasteiger partial charge in [-0.05, 0) is 43.2 Å². The van der Waals surface area contributed by atoms with Crippen LogP contribution in [0.25, 0.3) is 0 Å². The maximum atomic E-state index is 12.5. The standard InChI is InChI=1S/C19H22ClN3O2/c20-16-6-8-17(9-7-16)22-14-25-18-10-5-15(13-21-18)19(24)23-11-3-1-2-4-12-23/h5-10,13,22H,1-4,11-12,14H2. The van der Waals surface area contributed by atoms with Gasteiger partial charge in [0, 0.05) is 36.1 Å². The Bertz CT molecular complexity index is 681. The molecule has 6 heteroatoms. The van der Waals surface area contributed by atoms with Gasteiger partial charge in [-0.25, -0.2) is 4.98 Å². The minimum atomic E-state index is 0.0558. The molecule has 5 nitrogen and oxygen atoms in total. The second kappa shape index (κ2) is 8.72. The minimum Gasteiger partial charge on any atom is -0.456 e. The van der Waals surface area contributed by atoms with Crippen molar-refractivity contribution in [3.63, 3.8) is 0 Å². The van der Waals surface area contributed by atoms with Gasteiger partial charge in [0.15, 0.2) is 6.73 Å². The minimum absolute atomic E-state index is 0.0558. The SMILES string of the molecule is O=C(c1ccc(OCNc2ccc(Cl)cc2)nc1)N1CCCCCC1. The van der Waals surface area contributed by atoms with Crippen LogP contribution >= 0.6 is 11.6 Å². The van der Waals surface area contributed by atoms with Crippen molar-refractivity contribution in [2.45, 2.75) is 25.7 Å². The molecule has 1 aromatic carbocycles. The highest BCUT2D eigenvalue weighted by molar-refractivity contribution is 6.30. The lowest BCUT2D eigenvalue weighted by molar-refractivity contribution is 0.0761. The van der Waals surface area contributed by atoms with Crippen molar-refractivity contribution < 1.29 is 9.53 Å². The van der Waals surface area contributed by atoms with Gasteiger partial charge in [-0.1, -0.05) is 24.4 Å². The first-order valence-corrected chi connectivity index (χ1v) is 8.98. The Labute approximate surface area is 153 Å². The fourth-order valence-corrected chi connectivity index (χ4v) is 2.94. The van der Waals surface area contributed by atoms with E-state index in [0.29, 0.717) is 16.5 Å². The largest absolute Gasteiger partial charge is 0.456 e. The van der Waals surface area contributed by atoms with Crippen LogP contribution < -0.4 is 10.1 Å². The van der Waals surface area contributed by atoms with E-state index < -0.39 is 0 Å². The number of likely N-dealkylation sites (tertiary alicyclic amines) is 1. The Hall–Kier alpha value is -2.27. The summed E-state index contributed by atoms with van der Waals surface area (Å²) in [4.78, 5) is 18.7. The maximum absolute atomic E-state index is 12.5. The first kappa shape index (κ1) is 17.5. The fraction of sp³-hybridized carbons (Fsp3) is 0.368. The molecule has 2 heterocycles. The number of carbonyl (C=O) groups is 1. The molecule has 0 bridgehead atoms. The predicted octanol–water partition coefficient (Wildman–Crippen LogP) is 4.20. The Balaban J connectivity index is 1.51. The van der Waals surface area contributed by atoms with Crippen LogP contribution in [-0.2, 0) is 0 Å². The Morgan fingerprint density at radius 1 is 1.08 bits per heavy atom. The van der Waals surface area contributed by atoms with Gasteiger partial charge in [0.05, 0.1) is 5.56 Å². The summed E-state index contributed by atoms with van der Waals surface area (Å²) in [7, 11) is 0. The number of hydrogen-bond donors (Lipinski definition) is 1. The predicted molar refractivity (Wildman–Crippen MR) is 99.2 cm³/mol. The molecule has 1 aromatic heterocycles. The highest BCUT2D eigenvalue weighted by Crippen LogP contribution is 2.16. The number of hydrogen-bond acceptors (Lipinski definition) is 4. The summed E-state index contributed by atoms with van der Waals surface area (Å²) < 4.78 is 5.56. The molecule has 25 heavy (non-hydrogen) atoms. The third-order valence-corrected chi connectivity index (χ3v) is 4.47. The second-order valence-electron chi connectivity index (χ2n) is 6.06. The molecule has 2 aromatic rings. The number of anilines is 1. The lowest BCUT2D eigenvalue weighted by Gasteiger charge is -2.20. The highest BCUT2D eigenvalue weighted by atomic mass is 35.5. The summed E-state index contributed by atoms with van der Waals surface area (Å²) in [6.07, 6.45) is 6.16. The van der Waals surface area contributed by atoms with Crippen LogP contribution in [0.1, 0.15) is 36.0 Å². The van der Waals surface area contributed by atoms with Crippen LogP contribution in [-0.4, -0.2) is 35.6 Å². The number of aromatic nitrogens is 1. The molecule has 1 aliphatic heterocycles. The van der Waals surface area contributed by atoms with Gasteiger partial charge in [-0.3, -0.25) is 4.79 Å². The smallest absolute Gasteiger partial charge is 0.255 e. The third kappa shape index (κ3) is 5.10. The van der Waals surface area contributed by atoms with Crippen molar-refractivity contribution >= 4 is 23.2 Å². The molecule has 0 unspecified atom stereocenters. The summed E-state index contributed by atoms with van der Waals surface area (Å²) >= 11 is 5.85. The summed E-state index contributed by atoms with van der Waals surface area (Å²) in [5.41, 5.74) is 1.53. The van der Waals surface area contributed by atoms with Crippen molar-refractivity contribution in [1.29, 1.82) is 0 Å². The van der Waals surface area contributed by atoms with Gasteiger partial charge in [-0.2, -0.15) is 0 Å². The van der Waals surface area contributed by atoms with E-state index >= 15 is 0 Å². The third-order valence-electron chi connectivity index (χ3n) is 4.22. The van der Waals surface area contributed by atoms with E-state index in [-0.39, 0.29) is 12.6 Å². The van der Waals surface area contributed by atoms with Crippen molar-refractivity contribution in [2.75, 3.05) is 25.1 Å². The molecule has 1 aliphatic rings. The second-order valence-corrected chi connectivity index (χ2v) is 6.50. The molecule has 0 radical (unpaired) electrons. The zero-order chi connectivity index (χ0) is 17.5. The van der Waals surface area contributed by atoms with Gasteiger partial charge in [0.1, 0.15) is 0 Å². The number of ether oxygens (including phenoxy) is 1. The normalized spacial score (nSPS) is 14.7. The highest BCUT2D eigenvalue weighted by Gasteiger charge is 2.17. The van der Waals surface area contributed by atoms with E-state index in [2.05, 4.69) is 10.3 Å². The van der Waals surface area contributed by atoms with Gasteiger partial charge in [0.25, 0.3) is 5.91 Å². The zero-order valence-corrected chi connectivity index (χ0v) is 14.8. The van der Waals surface area contributed by atoms with Gasteiger partial charge < -0.3 is 15.0 Å². The Kier molecular flexibility index (Phi) is 6.12. The van der Waals surface area contributed by atoms with E-state index in [0.717, 1.165) is 31.6 Å². The average molecular weight is 360 g/mol. The molecule has 0 atom stereocenters. The molecular weight excluding hydrogens is 338 g/mol. The van der Waals surface area contributed by atoms with Crippen molar-refractivity contribution in [3.8, 4) is 5.88 Å². The molecule has 0 spiro atoms. The van der Waals surface area contributed by atoms with Crippen LogP contribution in [0.3, 0.4) is 0 Å². The number of carbonyl (C=O) groups excluding carboxylic acids is 1. The Morgan fingerprint density at radius 3 is 2.44 bits per heavy atom. The molecule has 0 aliphatic carbocycles. The number of nitrogens with zero attached hydrogens (tertiary/aromatic N) is 2. The molecular formula is C19H22ClN3O2.